The molecule has 1 amide bonds. The molecule has 1 atom stereocenters. The summed E-state index contributed by atoms with van der Waals surface area (Å²) in [7, 11) is 0. The van der Waals surface area contributed by atoms with E-state index in [9.17, 15) is 18.0 Å². The highest BCUT2D eigenvalue weighted by molar-refractivity contribution is 6.00. The van der Waals surface area contributed by atoms with Crippen LogP contribution in [0.2, 0.25) is 0 Å². The molecule has 0 bridgehead atoms. The van der Waals surface area contributed by atoms with Crippen molar-refractivity contribution in [1.29, 1.82) is 0 Å². The van der Waals surface area contributed by atoms with E-state index in [1.54, 1.807) is 0 Å². The molecule has 29 heavy (non-hydrogen) atoms. The number of nitrogens with one attached hydrogen (secondary N) is 4. The molecule has 8 nitrogen and oxygen atoms in total. The third-order valence-corrected chi connectivity index (χ3v) is 5.25. The van der Waals surface area contributed by atoms with Crippen LogP contribution in [0.25, 0.3) is 0 Å². The van der Waals surface area contributed by atoms with E-state index in [2.05, 4.69) is 31.9 Å². The molecule has 11 heteroatoms. The van der Waals surface area contributed by atoms with Crippen molar-refractivity contribution < 1.29 is 22.7 Å². The Hall–Kier alpha value is -2.56. The summed E-state index contributed by atoms with van der Waals surface area (Å²) in [5, 5.41) is 7.05. The monoisotopic (exact) mass is 412 g/mol. The van der Waals surface area contributed by atoms with E-state index in [0.717, 1.165) is 25.7 Å². The molecule has 0 saturated heterocycles. The lowest BCUT2D eigenvalue weighted by atomic mass is 9.93. The number of nitrogens with zero attached hydrogens (tertiary/aromatic N) is 2. The molecule has 4 rings (SSSR count). The zero-order valence-electron chi connectivity index (χ0n) is 15.9. The van der Waals surface area contributed by atoms with Gasteiger partial charge in [-0.15, -0.1) is 10.6 Å². The van der Waals surface area contributed by atoms with Crippen molar-refractivity contribution in [3.63, 3.8) is 0 Å². The zero-order chi connectivity index (χ0) is 20.6. The molecule has 0 radical (unpaired) electrons. The Labute approximate surface area is 165 Å². The highest BCUT2D eigenvalue weighted by Gasteiger charge is 2.40. The number of hydrazine groups is 2. The number of pyridine rings is 1. The van der Waals surface area contributed by atoms with E-state index >= 15 is 0 Å². The minimum atomic E-state index is -4.46. The number of hydrazone groups is 1. The van der Waals surface area contributed by atoms with Crippen LogP contribution in [0.5, 0.6) is 5.75 Å². The number of amidine groups is 1. The predicted octanol–water partition coefficient (Wildman–Crippen LogP) is 2.11. The van der Waals surface area contributed by atoms with E-state index in [1.165, 1.54) is 12.3 Å². The lowest BCUT2D eigenvalue weighted by Crippen LogP contribution is -2.57. The number of carbonyl (C=O) groups is 1. The maximum absolute atomic E-state index is 12.9. The standard InChI is InChI=1S/C18H23F3N6O2/c1-17(7-10-2-3-10,16-24-26-27-25-16)23-15(28)13-6-14(29-9-18(19,20)21)12(8-22-13)11-4-5-11/h6,8,10-11,26-27H,2-5,7,9H2,1H3,(H,23,28)(H,24,25). The molecule has 2 aliphatic carbocycles. The topological polar surface area (TPSA) is 99.7 Å². The molecular weight excluding hydrogens is 389 g/mol. The number of halogens is 3. The second-order valence-corrected chi connectivity index (χ2v) is 8.04. The summed E-state index contributed by atoms with van der Waals surface area (Å²) < 4.78 is 42.9. The number of amides is 1. The Bertz CT molecular complexity index is 822. The lowest BCUT2D eigenvalue weighted by Gasteiger charge is -2.30. The Kier molecular flexibility index (Phi) is 5.01. The molecule has 2 saturated carbocycles. The lowest BCUT2D eigenvalue weighted by molar-refractivity contribution is -0.153. The van der Waals surface area contributed by atoms with E-state index < -0.39 is 24.2 Å². The fourth-order valence-corrected chi connectivity index (χ4v) is 3.44. The van der Waals surface area contributed by atoms with Crippen LogP contribution in [0, 0.1) is 5.92 Å². The van der Waals surface area contributed by atoms with Gasteiger partial charge in [-0.1, -0.05) is 12.8 Å². The van der Waals surface area contributed by atoms with Crippen molar-refractivity contribution in [2.45, 2.75) is 56.7 Å². The quantitative estimate of drug-likeness (QED) is 0.522. The normalized spacial score (nSPS) is 20.9. The highest BCUT2D eigenvalue weighted by Crippen LogP contribution is 2.44. The summed E-state index contributed by atoms with van der Waals surface area (Å²) in [5.74, 6) is 0.719. The fourth-order valence-electron chi connectivity index (χ4n) is 3.44. The molecule has 2 heterocycles. The smallest absolute Gasteiger partial charge is 0.422 e. The maximum atomic E-state index is 12.9. The van der Waals surface area contributed by atoms with Crippen LogP contribution in [0.15, 0.2) is 17.4 Å². The van der Waals surface area contributed by atoms with Crippen LogP contribution < -0.4 is 26.5 Å². The summed E-state index contributed by atoms with van der Waals surface area (Å²) in [6, 6.07) is 1.30. The van der Waals surface area contributed by atoms with E-state index in [0.29, 0.717) is 23.7 Å². The van der Waals surface area contributed by atoms with Gasteiger partial charge in [-0.2, -0.15) is 13.2 Å². The Morgan fingerprint density at radius 1 is 1.31 bits per heavy atom. The van der Waals surface area contributed by atoms with Gasteiger partial charge in [0.15, 0.2) is 12.4 Å². The van der Waals surface area contributed by atoms with Gasteiger partial charge in [-0.3, -0.25) is 15.2 Å². The minimum Gasteiger partial charge on any atom is -0.484 e. The van der Waals surface area contributed by atoms with Crippen molar-refractivity contribution >= 4 is 11.7 Å². The van der Waals surface area contributed by atoms with Crippen LogP contribution in [-0.4, -0.2) is 35.0 Å². The predicted molar refractivity (Wildman–Crippen MR) is 97.8 cm³/mol. The van der Waals surface area contributed by atoms with Gasteiger partial charge in [0.05, 0.1) is 5.54 Å². The third kappa shape index (κ3) is 4.89. The largest absolute Gasteiger partial charge is 0.484 e. The number of rotatable bonds is 8. The summed E-state index contributed by atoms with van der Waals surface area (Å²) >= 11 is 0. The van der Waals surface area contributed by atoms with Gasteiger partial charge in [0.25, 0.3) is 5.91 Å². The van der Waals surface area contributed by atoms with Crippen LogP contribution in [0.1, 0.15) is 61.0 Å². The van der Waals surface area contributed by atoms with Crippen molar-refractivity contribution in [2.24, 2.45) is 11.0 Å². The average Bonchev–Trinajstić information content (AvgIpc) is 3.59. The number of aromatic nitrogens is 1. The van der Waals surface area contributed by atoms with Gasteiger partial charge in [0, 0.05) is 17.8 Å². The maximum Gasteiger partial charge on any atom is 0.422 e. The molecular formula is C18H23F3N6O2. The van der Waals surface area contributed by atoms with Gasteiger partial charge in [0.2, 0.25) is 0 Å². The van der Waals surface area contributed by atoms with Gasteiger partial charge < -0.3 is 10.1 Å². The second kappa shape index (κ2) is 7.36. The molecule has 1 aromatic heterocycles. The first-order valence-electron chi connectivity index (χ1n) is 9.60. The van der Waals surface area contributed by atoms with E-state index in [4.69, 9.17) is 4.74 Å². The van der Waals surface area contributed by atoms with Gasteiger partial charge in [-0.25, -0.2) is 5.53 Å². The Morgan fingerprint density at radius 3 is 2.66 bits per heavy atom. The van der Waals surface area contributed by atoms with Crippen molar-refractivity contribution in [3.05, 3.63) is 23.5 Å². The highest BCUT2D eigenvalue weighted by atomic mass is 19.4. The first-order chi connectivity index (χ1) is 13.7. The first-order valence-corrected chi connectivity index (χ1v) is 9.60. The van der Waals surface area contributed by atoms with Gasteiger partial charge >= 0.3 is 6.18 Å². The van der Waals surface area contributed by atoms with Gasteiger partial charge in [-0.05, 0) is 38.0 Å². The number of ether oxygens (including phenoxy) is 1. The van der Waals surface area contributed by atoms with Crippen LogP contribution >= 0.6 is 0 Å². The summed E-state index contributed by atoms with van der Waals surface area (Å²) in [5.41, 5.74) is 7.95. The van der Waals surface area contributed by atoms with Crippen molar-refractivity contribution in [3.8, 4) is 5.75 Å². The third-order valence-electron chi connectivity index (χ3n) is 5.25. The molecule has 2 fully saturated rings. The van der Waals surface area contributed by atoms with Crippen LogP contribution in [0.3, 0.4) is 0 Å². The molecule has 1 unspecified atom stereocenters. The van der Waals surface area contributed by atoms with Crippen LogP contribution in [-0.2, 0) is 0 Å². The molecule has 1 aliphatic heterocycles. The molecule has 0 spiro atoms. The van der Waals surface area contributed by atoms with E-state index in [-0.39, 0.29) is 17.4 Å². The number of carbonyl (C=O) groups excluding carboxylic acids is 1. The van der Waals surface area contributed by atoms with Gasteiger partial charge in [0.1, 0.15) is 11.4 Å². The minimum absolute atomic E-state index is 0.00751. The SMILES string of the molecule is CC(CC1CC1)(NC(=O)c1cc(OCC(F)(F)F)c(C2CC2)cn1)C1=NNNN1. The fraction of sp³-hybridized carbons (Fsp3) is 0.611. The molecule has 4 N–H and O–H groups in total. The molecule has 158 valence electrons. The zero-order valence-corrected chi connectivity index (χ0v) is 15.9. The number of hydrogen-bond donors (Lipinski definition) is 4. The molecule has 0 aromatic carbocycles. The first kappa shape index (κ1) is 19.7. The second-order valence-electron chi connectivity index (χ2n) is 8.04. The molecule has 3 aliphatic rings. The number of alkyl halides is 3. The van der Waals surface area contributed by atoms with E-state index in [1.807, 2.05) is 6.92 Å². The van der Waals surface area contributed by atoms with Crippen molar-refractivity contribution in [1.82, 2.24) is 26.8 Å². The van der Waals surface area contributed by atoms with Crippen LogP contribution in [0.4, 0.5) is 13.2 Å². The summed E-state index contributed by atoms with van der Waals surface area (Å²) in [6.07, 6.45) is 1.60. The Balaban J connectivity index is 1.53. The Morgan fingerprint density at radius 2 is 2.07 bits per heavy atom. The summed E-state index contributed by atoms with van der Waals surface area (Å²) in [4.78, 5) is 17.1. The average molecular weight is 412 g/mol. The molecule has 1 aromatic rings. The number of hydrogen-bond acceptors (Lipinski definition) is 7. The van der Waals surface area contributed by atoms with Crippen molar-refractivity contribution in [2.75, 3.05) is 6.61 Å². The summed E-state index contributed by atoms with van der Waals surface area (Å²) in [6.45, 7) is 0.443.